The Morgan fingerprint density at radius 3 is 2.82 bits per heavy atom. The van der Waals surface area contributed by atoms with E-state index in [0.29, 0.717) is 12.6 Å². The first-order valence-corrected chi connectivity index (χ1v) is 9.18. The number of carbonyl (C=O) groups is 1. The number of hydrogen-bond donors (Lipinski definition) is 2. The monoisotopic (exact) mass is 323 g/mol. The van der Waals surface area contributed by atoms with Crippen LogP contribution in [0.5, 0.6) is 0 Å². The number of aromatic nitrogens is 1. The molecule has 2 N–H and O–H groups in total. The largest absolute Gasteiger partial charge is 0.376 e. The molecule has 22 heavy (non-hydrogen) atoms. The molecular weight excluding hydrogens is 298 g/mol. The summed E-state index contributed by atoms with van der Waals surface area (Å²) in [5.74, 6) is -0.0257. The van der Waals surface area contributed by atoms with Crippen molar-refractivity contribution in [3.8, 4) is 0 Å². The van der Waals surface area contributed by atoms with Gasteiger partial charge < -0.3 is 15.4 Å². The van der Waals surface area contributed by atoms with Gasteiger partial charge in [0.1, 0.15) is 4.88 Å². The van der Waals surface area contributed by atoms with Gasteiger partial charge >= 0.3 is 0 Å². The maximum absolute atomic E-state index is 12.3. The molecule has 0 aromatic carbocycles. The number of hydrogen-bond acceptors (Lipinski definition) is 5. The van der Waals surface area contributed by atoms with Crippen LogP contribution in [-0.4, -0.2) is 36.2 Å². The predicted molar refractivity (Wildman–Crippen MR) is 88.7 cm³/mol. The lowest BCUT2D eigenvalue weighted by atomic mass is 9.96. The molecule has 2 fully saturated rings. The number of ether oxygens (including phenoxy) is 1. The normalized spacial score (nSPS) is 22.7. The zero-order chi connectivity index (χ0) is 15.4. The summed E-state index contributed by atoms with van der Waals surface area (Å²) in [4.78, 5) is 17.5. The van der Waals surface area contributed by atoms with Gasteiger partial charge in [0.05, 0.1) is 11.8 Å². The summed E-state index contributed by atoms with van der Waals surface area (Å²) < 4.78 is 5.54. The topological polar surface area (TPSA) is 63.2 Å². The lowest BCUT2D eigenvalue weighted by Gasteiger charge is -2.22. The van der Waals surface area contributed by atoms with E-state index in [1.54, 1.807) is 0 Å². The van der Waals surface area contributed by atoms with Gasteiger partial charge in [-0.05, 0) is 32.6 Å². The van der Waals surface area contributed by atoms with Crippen molar-refractivity contribution < 1.29 is 9.53 Å². The Hall–Kier alpha value is -1.14. The third kappa shape index (κ3) is 3.98. The number of rotatable bonds is 5. The molecule has 1 amide bonds. The molecule has 6 heteroatoms. The van der Waals surface area contributed by atoms with Gasteiger partial charge in [0.2, 0.25) is 0 Å². The standard InChI is InChI=1S/C16H25N3O2S/c1-11-14(15(20)17-10-13-8-5-9-21-13)22-16(18-11)19-12-6-3-2-4-7-12/h12-13H,2-10H2,1H3,(H,17,20)(H,18,19). The van der Waals surface area contributed by atoms with Gasteiger partial charge in [-0.15, -0.1) is 0 Å². The van der Waals surface area contributed by atoms with Crippen LogP contribution in [0.4, 0.5) is 5.13 Å². The highest BCUT2D eigenvalue weighted by Crippen LogP contribution is 2.27. The Morgan fingerprint density at radius 1 is 1.27 bits per heavy atom. The number of thiazole rings is 1. The molecule has 1 atom stereocenters. The molecule has 1 saturated carbocycles. The fourth-order valence-electron chi connectivity index (χ4n) is 3.18. The second kappa shape index (κ2) is 7.42. The third-order valence-corrected chi connectivity index (χ3v) is 5.54. The number of carbonyl (C=O) groups excluding carboxylic acids is 1. The third-order valence-electron chi connectivity index (χ3n) is 4.45. The van der Waals surface area contributed by atoms with E-state index < -0.39 is 0 Å². The fourth-order valence-corrected chi connectivity index (χ4v) is 4.14. The van der Waals surface area contributed by atoms with Crippen molar-refractivity contribution in [2.24, 2.45) is 0 Å². The van der Waals surface area contributed by atoms with Crippen LogP contribution >= 0.6 is 11.3 Å². The van der Waals surface area contributed by atoms with Crippen LogP contribution in [0, 0.1) is 6.92 Å². The Labute approximate surface area is 135 Å². The van der Waals surface area contributed by atoms with Crippen LogP contribution < -0.4 is 10.6 Å². The molecule has 1 aliphatic carbocycles. The van der Waals surface area contributed by atoms with Crippen LogP contribution in [0.2, 0.25) is 0 Å². The molecule has 3 rings (SSSR count). The first kappa shape index (κ1) is 15.7. The molecule has 5 nitrogen and oxygen atoms in total. The van der Waals surface area contributed by atoms with E-state index in [9.17, 15) is 4.79 Å². The molecule has 1 unspecified atom stereocenters. The second-order valence-electron chi connectivity index (χ2n) is 6.26. The first-order chi connectivity index (χ1) is 10.7. The van der Waals surface area contributed by atoms with Gasteiger partial charge in [-0.2, -0.15) is 0 Å². The number of nitrogens with zero attached hydrogens (tertiary/aromatic N) is 1. The average molecular weight is 323 g/mol. The van der Waals surface area contributed by atoms with E-state index in [-0.39, 0.29) is 12.0 Å². The van der Waals surface area contributed by atoms with Crippen molar-refractivity contribution in [3.05, 3.63) is 10.6 Å². The maximum Gasteiger partial charge on any atom is 0.263 e. The molecule has 2 aliphatic rings. The zero-order valence-electron chi connectivity index (χ0n) is 13.2. The summed E-state index contributed by atoms with van der Waals surface area (Å²) in [6, 6.07) is 0.516. The van der Waals surface area contributed by atoms with Crippen molar-refractivity contribution in [2.45, 2.75) is 64.0 Å². The number of anilines is 1. The number of aryl methyl sites for hydroxylation is 1. The first-order valence-electron chi connectivity index (χ1n) is 8.36. The van der Waals surface area contributed by atoms with Gasteiger partial charge in [-0.3, -0.25) is 4.79 Å². The molecule has 1 aliphatic heterocycles. The van der Waals surface area contributed by atoms with Gasteiger partial charge in [0, 0.05) is 19.2 Å². The zero-order valence-corrected chi connectivity index (χ0v) is 14.0. The Balaban J connectivity index is 1.54. The van der Waals surface area contributed by atoms with Gasteiger partial charge in [-0.25, -0.2) is 4.98 Å². The molecule has 0 radical (unpaired) electrons. The molecule has 0 bridgehead atoms. The average Bonchev–Trinajstić information content (AvgIpc) is 3.16. The second-order valence-corrected chi connectivity index (χ2v) is 7.26. The van der Waals surface area contributed by atoms with E-state index >= 15 is 0 Å². The van der Waals surface area contributed by atoms with Crippen molar-refractivity contribution in [1.82, 2.24) is 10.3 Å². The predicted octanol–water partition coefficient (Wildman–Crippen LogP) is 3.10. The van der Waals surface area contributed by atoms with E-state index in [1.165, 1.54) is 43.4 Å². The molecule has 1 saturated heterocycles. The molecule has 122 valence electrons. The Morgan fingerprint density at radius 2 is 2.09 bits per heavy atom. The Bertz CT molecular complexity index is 505. The fraction of sp³-hybridized carbons (Fsp3) is 0.750. The minimum Gasteiger partial charge on any atom is -0.376 e. The number of amides is 1. The quantitative estimate of drug-likeness (QED) is 0.874. The van der Waals surface area contributed by atoms with Gasteiger partial charge in [0.15, 0.2) is 5.13 Å². The Kier molecular flexibility index (Phi) is 5.31. The summed E-state index contributed by atoms with van der Waals surface area (Å²) in [6.07, 6.45) is 8.64. The van der Waals surface area contributed by atoms with Gasteiger partial charge in [-0.1, -0.05) is 30.6 Å². The summed E-state index contributed by atoms with van der Waals surface area (Å²) >= 11 is 1.47. The summed E-state index contributed by atoms with van der Waals surface area (Å²) in [5.41, 5.74) is 0.813. The lowest BCUT2D eigenvalue weighted by Crippen LogP contribution is -2.31. The minimum atomic E-state index is -0.0257. The highest BCUT2D eigenvalue weighted by Gasteiger charge is 2.21. The molecular formula is C16H25N3O2S. The smallest absolute Gasteiger partial charge is 0.263 e. The van der Waals surface area contributed by atoms with E-state index in [0.717, 1.165) is 35.2 Å². The minimum absolute atomic E-state index is 0.0257. The van der Waals surface area contributed by atoms with Crippen molar-refractivity contribution in [1.29, 1.82) is 0 Å². The van der Waals surface area contributed by atoms with Gasteiger partial charge in [0.25, 0.3) is 5.91 Å². The van der Waals surface area contributed by atoms with Crippen molar-refractivity contribution in [3.63, 3.8) is 0 Å². The van der Waals surface area contributed by atoms with E-state index in [1.807, 2.05) is 6.92 Å². The van der Waals surface area contributed by atoms with Crippen LogP contribution in [0.25, 0.3) is 0 Å². The number of nitrogens with one attached hydrogen (secondary N) is 2. The molecule has 0 spiro atoms. The molecule has 1 aromatic heterocycles. The highest BCUT2D eigenvalue weighted by molar-refractivity contribution is 7.17. The van der Waals surface area contributed by atoms with Crippen LogP contribution in [-0.2, 0) is 4.74 Å². The van der Waals surface area contributed by atoms with Crippen molar-refractivity contribution in [2.75, 3.05) is 18.5 Å². The maximum atomic E-state index is 12.3. The molecule has 1 aromatic rings. The summed E-state index contributed by atoms with van der Waals surface area (Å²) in [5, 5.41) is 7.36. The van der Waals surface area contributed by atoms with E-state index in [2.05, 4.69) is 15.6 Å². The summed E-state index contributed by atoms with van der Waals surface area (Å²) in [7, 11) is 0. The van der Waals surface area contributed by atoms with E-state index in [4.69, 9.17) is 4.74 Å². The van der Waals surface area contributed by atoms with Crippen LogP contribution in [0.1, 0.15) is 60.3 Å². The van der Waals surface area contributed by atoms with Crippen LogP contribution in [0.3, 0.4) is 0 Å². The van der Waals surface area contributed by atoms with Crippen LogP contribution in [0.15, 0.2) is 0 Å². The summed E-state index contributed by atoms with van der Waals surface area (Å²) in [6.45, 7) is 3.32. The van der Waals surface area contributed by atoms with Crippen molar-refractivity contribution >= 4 is 22.4 Å². The lowest BCUT2D eigenvalue weighted by molar-refractivity contribution is 0.0860. The highest BCUT2D eigenvalue weighted by atomic mass is 32.1. The molecule has 2 heterocycles. The SMILES string of the molecule is Cc1nc(NC2CCCCC2)sc1C(=O)NCC1CCCO1.